The number of amides is 2. The van der Waals surface area contributed by atoms with E-state index in [1.165, 1.54) is 27.7 Å². The molecule has 8 nitrogen and oxygen atoms in total. The lowest BCUT2D eigenvalue weighted by atomic mass is 9.99. The maximum absolute atomic E-state index is 12.8. The van der Waals surface area contributed by atoms with Gasteiger partial charge in [0.05, 0.1) is 10.8 Å². The molecule has 2 aliphatic rings. The zero-order valence-electron chi connectivity index (χ0n) is 20.7. The number of sulfonamides is 1. The van der Waals surface area contributed by atoms with Crippen molar-refractivity contribution in [1.29, 1.82) is 0 Å². The third kappa shape index (κ3) is 5.21. The lowest BCUT2D eigenvalue weighted by Crippen LogP contribution is -2.33. The van der Waals surface area contributed by atoms with E-state index in [1.54, 1.807) is 30.9 Å². The molecule has 0 bridgehead atoms. The summed E-state index contributed by atoms with van der Waals surface area (Å²) >= 11 is 0. The molecular formula is C26H34N4O4S. The van der Waals surface area contributed by atoms with E-state index in [9.17, 15) is 18.0 Å². The summed E-state index contributed by atoms with van der Waals surface area (Å²) in [4.78, 5) is 29.5. The maximum atomic E-state index is 12.8. The van der Waals surface area contributed by atoms with Gasteiger partial charge in [0.25, 0.3) is 0 Å². The van der Waals surface area contributed by atoms with Gasteiger partial charge in [-0.15, -0.1) is 0 Å². The fourth-order valence-corrected chi connectivity index (χ4v) is 6.38. The van der Waals surface area contributed by atoms with Gasteiger partial charge in [-0.3, -0.25) is 9.59 Å². The van der Waals surface area contributed by atoms with Crippen LogP contribution in [0, 0.1) is 5.92 Å². The van der Waals surface area contributed by atoms with Crippen molar-refractivity contribution >= 4 is 33.2 Å². The largest absolute Gasteiger partial charge is 0.374 e. The molecule has 0 saturated carbocycles. The summed E-state index contributed by atoms with van der Waals surface area (Å²) < 4.78 is 26.8. The van der Waals surface area contributed by atoms with Crippen molar-refractivity contribution in [2.24, 2.45) is 5.92 Å². The molecule has 1 saturated heterocycles. The molecule has 0 aliphatic carbocycles. The summed E-state index contributed by atoms with van der Waals surface area (Å²) in [5.41, 5.74) is 4.21. The van der Waals surface area contributed by atoms with Gasteiger partial charge in [-0.1, -0.05) is 26.0 Å². The first-order chi connectivity index (χ1) is 16.7. The molecule has 35 heavy (non-hydrogen) atoms. The number of aryl methyl sites for hydroxylation is 1. The minimum atomic E-state index is -3.56. The fourth-order valence-electron chi connectivity index (χ4n) is 4.93. The van der Waals surface area contributed by atoms with E-state index in [-0.39, 0.29) is 29.7 Å². The van der Waals surface area contributed by atoms with Gasteiger partial charge in [0, 0.05) is 57.6 Å². The summed E-state index contributed by atoms with van der Waals surface area (Å²) in [5.74, 6) is -0.719. The Hall–Kier alpha value is -2.91. The molecule has 1 atom stereocenters. The molecule has 2 aromatic carbocycles. The van der Waals surface area contributed by atoms with Gasteiger partial charge >= 0.3 is 0 Å². The van der Waals surface area contributed by atoms with Crippen LogP contribution in [-0.4, -0.2) is 57.8 Å². The van der Waals surface area contributed by atoms with Crippen LogP contribution in [0.4, 0.5) is 11.4 Å². The van der Waals surface area contributed by atoms with Crippen molar-refractivity contribution in [2.75, 3.05) is 43.0 Å². The number of nitrogens with one attached hydrogen (secondary N) is 1. The fraction of sp³-hybridized carbons (Fsp3) is 0.462. The van der Waals surface area contributed by atoms with Crippen LogP contribution in [0.1, 0.15) is 37.8 Å². The van der Waals surface area contributed by atoms with Gasteiger partial charge in [-0.05, 0) is 54.3 Å². The van der Waals surface area contributed by atoms with E-state index in [2.05, 4.69) is 29.4 Å². The van der Waals surface area contributed by atoms with Crippen LogP contribution in [0.3, 0.4) is 0 Å². The number of hydrogen-bond acceptors (Lipinski definition) is 5. The molecule has 0 spiro atoms. The Kier molecular flexibility index (Phi) is 7.47. The first-order valence-corrected chi connectivity index (χ1v) is 13.7. The second-order valence-corrected chi connectivity index (χ2v) is 11.1. The lowest BCUT2D eigenvalue weighted by Gasteiger charge is -2.27. The van der Waals surface area contributed by atoms with Gasteiger partial charge in [-0.2, -0.15) is 4.31 Å². The molecule has 2 amide bonds. The summed E-state index contributed by atoms with van der Waals surface area (Å²) in [6.07, 6.45) is 2.31. The summed E-state index contributed by atoms with van der Waals surface area (Å²) in [7, 11) is -1.46. The highest BCUT2D eigenvalue weighted by atomic mass is 32.2. The SMILES string of the molecule is CCN(CC)S(=O)(=O)c1ccc(N2CC(C(=O)NCc3ccc4c(c3)CCCN4C)CC2=O)cc1. The van der Waals surface area contributed by atoms with Gasteiger partial charge in [-0.25, -0.2) is 8.42 Å². The third-order valence-electron chi connectivity index (χ3n) is 6.95. The van der Waals surface area contributed by atoms with Crippen LogP contribution < -0.4 is 15.1 Å². The first-order valence-electron chi connectivity index (χ1n) is 12.3. The quantitative estimate of drug-likeness (QED) is 0.605. The zero-order valence-corrected chi connectivity index (χ0v) is 21.5. The van der Waals surface area contributed by atoms with Crippen molar-refractivity contribution in [2.45, 2.75) is 44.6 Å². The van der Waals surface area contributed by atoms with E-state index in [0.717, 1.165) is 24.9 Å². The smallest absolute Gasteiger partial charge is 0.243 e. The highest BCUT2D eigenvalue weighted by molar-refractivity contribution is 7.89. The summed E-state index contributed by atoms with van der Waals surface area (Å²) in [6.45, 7) is 6.15. The molecule has 9 heteroatoms. The molecule has 0 aromatic heterocycles. The Labute approximate surface area is 207 Å². The predicted molar refractivity (Wildman–Crippen MR) is 137 cm³/mol. The number of carbonyl (C=O) groups excluding carboxylic acids is 2. The second kappa shape index (κ2) is 10.4. The standard InChI is InChI=1S/C26H34N4O4S/c1-4-29(5-2)35(33,34)23-11-9-22(10-12-23)30-18-21(16-25(30)31)26(32)27-17-19-8-13-24-20(15-19)7-6-14-28(24)3/h8-13,15,21H,4-7,14,16-18H2,1-3H3,(H,27,32). The molecule has 1 N–H and O–H groups in total. The number of nitrogens with zero attached hydrogens (tertiary/aromatic N) is 3. The van der Waals surface area contributed by atoms with Crippen LogP contribution in [0.15, 0.2) is 47.4 Å². The van der Waals surface area contributed by atoms with Gasteiger partial charge in [0.2, 0.25) is 21.8 Å². The first kappa shape index (κ1) is 25.2. The molecule has 188 valence electrons. The molecule has 2 aromatic rings. The number of carbonyl (C=O) groups is 2. The topological polar surface area (TPSA) is 90.0 Å². The normalized spacial score (nSPS) is 18.2. The van der Waals surface area contributed by atoms with Gasteiger partial charge < -0.3 is 15.1 Å². The Bertz CT molecular complexity index is 1190. The van der Waals surface area contributed by atoms with Crippen molar-refractivity contribution in [1.82, 2.24) is 9.62 Å². The Morgan fingerprint density at radius 3 is 2.51 bits per heavy atom. The third-order valence-corrected chi connectivity index (χ3v) is 9.01. The minimum Gasteiger partial charge on any atom is -0.374 e. The van der Waals surface area contributed by atoms with Gasteiger partial charge in [0.1, 0.15) is 0 Å². The van der Waals surface area contributed by atoms with Crippen molar-refractivity contribution in [3.05, 3.63) is 53.6 Å². The Morgan fingerprint density at radius 2 is 1.83 bits per heavy atom. The van der Waals surface area contributed by atoms with Crippen molar-refractivity contribution < 1.29 is 18.0 Å². The number of hydrogen-bond donors (Lipinski definition) is 1. The van der Waals surface area contributed by atoms with Crippen molar-refractivity contribution in [3.63, 3.8) is 0 Å². The van der Waals surface area contributed by atoms with Crippen molar-refractivity contribution in [3.8, 4) is 0 Å². The van der Waals surface area contributed by atoms with Crippen LogP contribution in [0.2, 0.25) is 0 Å². The lowest BCUT2D eigenvalue weighted by molar-refractivity contribution is -0.126. The molecular weight excluding hydrogens is 464 g/mol. The highest BCUT2D eigenvalue weighted by Crippen LogP contribution is 2.28. The second-order valence-electron chi connectivity index (χ2n) is 9.19. The van der Waals surface area contributed by atoms with E-state index in [0.29, 0.717) is 25.3 Å². The zero-order chi connectivity index (χ0) is 25.2. The number of rotatable bonds is 8. The minimum absolute atomic E-state index is 0.138. The van der Waals surface area contributed by atoms with Crippen LogP contribution in [-0.2, 0) is 32.6 Å². The molecule has 2 aliphatic heterocycles. The number of benzene rings is 2. The van der Waals surface area contributed by atoms with E-state index in [4.69, 9.17) is 0 Å². The summed E-state index contributed by atoms with van der Waals surface area (Å²) in [5, 5.41) is 2.99. The van der Waals surface area contributed by atoms with Crippen LogP contribution in [0.25, 0.3) is 0 Å². The molecule has 1 unspecified atom stereocenters. The molecule has 0 radical (unpaired) electrons. The van der Waals surface area contributed by atoms with E-state index < -0.39 is 15.9 Å². The van der Waals surface area contributed by atoms with E-state index >= 15 is 0 Å². The maximum Gasteiger partial charge on any atom is 0.243 e. The Morgan fingerprint density at radius 1 is 1.11 bits per heavy atom. The van der Waals surface area contributed by atoms with Crippen LogP contribution in [0.5, 0.6) is 0 Å². The average Bonchev–Trinajstić information content (AvgIpc) is 3.25. The number of anilines is 2. The summed E-state index contributed by atoms with van der Waals surface area (Å²) in [6, 6.07) is 12.6. The Balaban J connectivity index is 1.37. The average molecular weight is 499 g/mol. The number of fused-ring (bicyclic) bond motifs is 1. The monoisotopic (exact) mass is 498 g/mol. The van der Waals surface area contributed by atoms with Crippen LogP contribution >= 0.6 is 0 Å². The predicted octanol–water partition coefficient (Wildman–Crippen LogP) is 2.77. The van der Waals surface area contributed by atoms with E-state index in [1.807, 2.05) is 6.07 Å². The molecule has 2 heterocycles. The van der Waals surface area contributed by atoms with Gasteiger partial charge in [0.15, 0.2) is 0 Å². The molecule has 1 fully saturated rings. The molecule has 4 rings (SSSR count). The highest BCUT2D eigenvalue weighted by Gasteiger charge is 2.35.